The lowest BCUT2D eigenvalue weighted by Gasteiger charge is -2.05. The van der Waals surface area contributed by atoms with E-state index < -0.39 is 15.7 Å². The van der Waals surface area contributed by atoms with Crippen molar-refractivity contribution in [2.45, 2.75) is 11.3 Å². The maximum absolute atomic E-state index is 12.3. The van der Waals surface area contributed by atoms with E-state index in [1.807, 2.05) is 30.3 Å². The Balaban J connectivity index is 1.39. The Labute approximate surface area is 176 Å². The number of para-hydroxylation sites is 1. The molecular formula is C20H15ClN2O4S2. The monoisotopic (exact) mass is 446 g/mol. The first-order chi connectivity index (χ1) is 13.9. The molecule has 0 spiro atoms. The molecule has 0 radical (unpaired) electrons. The first kappa shape index (κ1) is 19.6. The van der Waals surface area contributed by atoms with Crippen molar-refractivity contribution in [3.63, 3.8) is 0 Å². The van der Waals surface area contributed by atoms with Gasteiger partial charge in [0.15, 0.2) is 20.7 Å². The van der Waals surface area contributed by atoms with Gasteiger partial charge < -0.3 is 9.73 Å². The summed E-state index contributed by atoms with van der Waals surface area (Å²) in [4.78, 5) is 16.7. The highest BCUT2D eigenvalue weighted by molar-refractivity contribution is 7.91. The number of carbonyl (C=O) groups is 1. The molecule has 0 bridgehead atoms. The second-order valence-electron chi connectivity index (χ2n) is 6.26. The fourth-order valence-corrected chi connectivity index (χ4v) is 4.80. The van der Waals surface area contributed by atoms with Gasteiger partial charge in [0.05, 0.1) is 10.6 Å². The number of rotatable bonds is 6. The number of nitrogens with zero attached hydrogens (tertiary/aromatic N) is 1. The molecule has 29 heavy (non-hydrogen) atoms. The second kappa shape index (κ2) is 7.98. The normalized spacial score (nSPS) is 11.6. The van der Waals surface area contributed by atoms with Crippen molar-refractivity contribution in [2.24, 2.45) is 0 Å². The number of fused-ring (bicyclic) bond motifs is 1. The van der Waals surface area contributed by atoms with E-state index in [9.17, 15) is 13.2 Å². The summed E-state index contributed by atoms with van der Waals surface area (Å²) in [6.45, 7) is 0. The number of nitrogens with one attached hydrogen (secondary N) is 1. The van der Waals surface area contributed by atoms with Gasteiger partial charge in [0.1, 0.15) is 11.3 Å². The average molecular weight is 447 g/mol. The quantitative estimate of drug-likeness (QED) is 0.449. The van der Waals surface area contributed by atoms with Crippen LogP contribution in [0.1, 0.15) is 6.42 Å². The highest BCUT2D eigenvalue weighted by atomic mass is 35.5. The minimum Gasteiger partial charge on any atom is -0.454 e. The van der Waals surface area contributed by atoms with Crippen molar-refractivity contribution >= 4 is 54.8 Å². The van der Waals surface area contributed by atoms with Gasteiger partial charge in [-0.1, -0.05) is 29.8 Å². The largest absolute Gasteiger partial charge is 0.454 e. The zero-order chi connectivity index (χ0) is 20.4. The van der Waals surface area contributed by atoms with Crippen LogP contribution >= 0.6 is 22.9 Å². The van der Waals surface area contributed by atoms with Crippen molar-refractivity contribution in [1.82, 2.24) is 4.98 Å². The molecule has 4 rings (SSSR count). The molecule has 0 unspecified atom stereocenters. The van der Waals surface area contributed by atoms with Gasteiger partial charge in [-0.15, -0.1) is 11.3 Å². The Bertz CT molecular complexity index is 1240. The van der Waals surface area contributed by atoms with Crippen LogP contribution in [0.4, 0.5) is 5.13 Å². The molecule has 0 saturated carbocycles. The number of aromatic nitrogens is 1. The molecule has 0 atom stereocenters. The topological polar surface area (TPSA) is 89.3 Å². The van der Waals surface area contributed by atoms with Crippen LogP contribution < -0.4 is 5.32 Å². The van der Waals surface area contributed by atoms with Crippen LogP contribution in [0.25, 0.3) is 22.4 Å². The zero-order valence-corrected chi connectivity index (χ0v) is 17.4. The van der Waals surface area contributed by atoms with Crippen molar-refractivity contribution in [2.75, 3.05) is 11.1 Å². The molecule has 1 N–H and O–H groups in total. The van der Waals surface area contributed by atoms with E-state index >= 15 is 0 Å². The summed E-state index contributed by atoms with van der Waals surface area (Å²) in [7, 11) is -3.57. The summed E-state index contributed by atoms with van der Waals surface area (Å²) >= 11 is 7.02. The SMILES string of the molecule is O=C(CCS(=O)(=O)c1ccc(Cl)cc1)Nc1nc(-c2cc3ccccc3o2)cs1. The standard InChI is InChI=1S/C20H15ClN2O4S2/c21-14-5-7-15(8-6-14)29(25,26)10-9-19(24)23-20-22-16(12-28-20)18-11-13-3-1-2-4-17(13)27-18/h1-8,11-12H,9-10H2,(H,22,23,24). The summed E-state index contributed by atoms with van der Waals surface area (Å²) in [6.07, 6.45) is -0.176. The molecule has 2 heterocycles. The van der Waals surface area contributed by atoms with Crippen LogP contribution in [0.3, 0.4) is 0 Å². The van der Waals surface area contributed by atoms with Crippen molar-refractivity contribution in [1.29, 1.82) is 0 Å². The molecule has 0 aliphatic rings. The molecule has 6 nitrogen and oxygen atoms in total. The number of benzene rings is 2. The number of sulfone groups is 1. The first-order valence-corrected chi connectivity index (χ1v) is 11.5. The fourth-order valence-electron chi connectivity index (χ4n) is 2.72. The number of hydrogen-bond donors (Lipinski definition) is 1. The van der Waals surface area contributed by atoms with Crippen LogP contribution in [0.15, 0.2) is 69.3 Å². The molecule has 4 aromatic rings. The molecule has 1 amide bonds. The van der Waals surface area contributed by atoms with E-state index in [0.29, 0.717) is 21.6 Å². The van der Waals surface area contributed by atoms with Gasteiger partial charge >= 0.3 is 0 Å². The summed E-state index contributed by atoms with van der Waals surface area (Å²) in [5, 5.41) is 6.22. The number of carbonyl (C=O) groups excluding carboxylic acids is 1. The number of furan rings is 1. The third-order valence-corrected chi connectivity index (χ3v) is 6.94. The van der Waals surface area contributed by atoms with Gasteiger partial charge in [-0.25, -0.2) is 13.4 Å². The predicted molar refractivity (Wildman–Crippen MR) is 114 cm³/mol. The molecule has 9 heteroatoms. The predicted octanol–water partition coefficient (Wildman–Crippen LogP) is 5.01. The molecule has 2 aromatic heterocycles. The van der Waals surface area contributed by atoms with Gasteiger partial charge in [-0.05, 0) is 36.4 Å². The van der Waals surface area contributed by atoms with Crippen molar-refractivity contribution in [3.8, 4) is 11.5 Å². The summed E-state index contributed by atoms with van der Waals surface area (Å²) in [6, 6.07) is 15.4. The first-order valence-electron chi connectivity index (χ1n) is 8.63. The Hall–Kier alpha value is -2.68. The molecule has 0 fully saturated rings. The van der Waals surface area contributed by atoms with Crippen LogP contribution in [-0.4, -0.2) is 25.1 Å². The lowest BCUT2D eigenvalue weighted by atomic mass is 10.2. The highest BCUT2D eigenvalue weighted by Gasteiger charge is 2.17. The molecule has 148 valence electrons. The maximum Gasteiger partial charge on any atom is 0.227 e. The number of amides is 1. The maximum atomic E-state index is 12.3. The Morgan fingerprint density at radius 1 is 1.14 bits per heavy atom. The summed E-state index contributed by atoms with van der Waals surface area (Å²) in [5.74, 6) is -0.122. The van der Waals surface area contributed by atoms with E-state index in [1.54, 1.807) is 5.38 Å². The zero-order valence-electron chi connectivity index (χ0n) is 15.0. The Morgan fingerprint density at radius 2 is 1.90 bits per heavy atom. The van der Waals surface area contributed by atoms with E-state index in [1.165, 1.54) is 35.6 Å². The lowest BCUT2D eigenvalue weighted by molar-refractivity contribution is -0.115. The van der Waals surface area contributed by atoms with E-state index in [2.05, 4.69) is 10.3 Å². The fraction of sp³-hybridized carbons (Fsp3) is 0.100. The third kappa shape index (κ3) is 4.50. The number of thiazole rings is 1. The second-order valence-corrected chi connectivity index (χ2v) is 9.66. The molecule has 0 aliphatic carbocycles. The number of hydrogen-bond acceptors (Lipinski definition) is 6. The van der Waals surface area contributed by atoms with Gasteiger partial charge in [0.25, 0.3) is 0 Å². The summed E-state index contributed by atoms with van der Waals surface area (Å²) < 4.78 is 30.4. The summed E-state index contributed by atoms with van der Waals surface area (Å²) in [5.41, 5.74) is 1.36. The van der Waals surface area contributed by atoms with Crippen LogP contribution in [0.5, 0.6) is 0 Å². The van der Waals surface area contributed by atoms with Crippen LogP contribution in [0.2, 0.25) is 5.02 Å². The lowest BCUT2D eigenvalue weighted by Crippen LogP contribution is -2.17. The Morgan fingerprint density at radius 3 is 2.66 bits per heavy atom. The number of anilines is 1. The van der Waals surface area contributed by atoms with Gasteiger partial charge in [-0.2, -0.15) is 0 Å². The van der Waals surface area contributed by atoms with E-state index in [4.69, 9.17) is 16.0 Å². The van der Waals surface area contributed by atoms with Gasteiger partial charge in [-0.3, -0.25) is 4.79 Å². The highest BCUT2D eigenvalue weighted by Crippen LogP contribution is 2.30. The third-order valence-electron chi connectivity index (χ3n) is 4.20. The van der Waals surface area contributed by atoms with Crippen LogP contribution in [-0.2, 0) is 14.6 Å². The van der Waals surface area contributed by atoms with Gasteiger partial charge in [0.2, 0.25) is 5.91 Å². The smallest absolute Gasteiger partial charge is 0.227 e. The van der Waals surface area contributed by atoms with E-state index in [0.717, 1.165) is 11.0 Å². The average Bonchev–Trinajstić information content (AvgIpc) is 3.33. The van der Waals surface area contributed by atoms with Gasteiger partial charge in [0, 0.05) is 22.2 Å². The minimum absolute atomic E-state index is 0.135. The minimum atomic E-state index is -3.57. The molecular weight excluding hydrogens is 432 g/mol. The van der Waals surface area contributed by atoms with Crippen LogP contribution in [0, 0.1) is 0 Å². The number of halogens is 1. The molecule has 2 aromatic carbocycles. The van der Waals surface area contributed by atoms with E-state index in [-0.39, 0.29) is 17.1 Å². The van der Waals surface area contributed by atoms with Crippen molar-refractivity contribution < 1.29 is 17.6 Å². The Kier molecular flexibility index (Phi) is 5.40. The molecule has 0 aliphatic heterocycles. The van der Waals surface area contributed by atoms with Crippen molar-refractivity contribution in [3.05, 3.63) is 65.0 Å². The molecule has 0 saturated heterocycles.